The Kier molecular flexibility index (Phi) is 83.6. The number of hydrogen-bond donors (Lipinski definition) is 1. The summed E-state index contributed by atoms with van der Waals surface area (Å²) in [5, 5.41) is 9.80. The fraction of sp³-hybridized carbons (Fsp3) is 0.844. The van der Waals surface area contributed by atoms with Crippen molar-refractivity contribution >= 4 is 17.9 Å². The van der Waals surface area contributed by atoms with Crippen molar-refractivity contribution in [3.05, 3.63) is 72.9 Å². The lowest BCUT2D eigenvalue weighted by Gasteiger charge is -2.25. The van der Waals surface area contributed by atoms with Crippen molar-refractivity contribution in [1.29, 1.82) is 0 Å². The van der Waals surface area contributed by atoms with Crippen molar-refractivity contribution in [2.45, 2.75) is 476 Å². The fourth-order valence-electron chi connectivity index (χ4n) is 14.0. The van der Waals surface area contributed by atoms with E-state index in [0.29, 0.717) is 17.4 Å². The molecule has 0 saturated carbocycles. The van der Waals surface area contributed by atoms with Crippen molar-refractivity contribution in [3.8, 4) is 0 Å². The summed E-state index contributed by atoms with van der Waals surface area (Å²) in [6.45, 7) is 4.84. The number of unbranched alkanes of at least 4 members (excludes halogenated alkanes) is 60. The highest BCUT2D eigenvalue weighted by molar-refractivity contribution is 5.71. The minimum absolute atomic E-state index is 0.176. The lowest BCUT2D eigenvalue weighted by atomic mass is 10.0. The number of carbonyl (C=O) groups excluding carboxylic acids is 2. The molecule has 0 heterocycles. The minimum atomic E-state index is -1.51. The quantitative estimate of drug-likeness (QED) is 0.0211. The van der Waals surface area contributed by atoms with Crippen LogP contribution >= 0.6 is 0 Å². The summed E-state index contributed by atoms with van der Waals surface area (Å²) in [6.07, 6.45) is 116. The van der Waals surface area contributed by atoms with Gasteiger partial charge in [-0.3, -0.25) is 9.59 Å². The monoisotopic (exact) mass is 1470 g/mol. The number of allylic oxidation sites excluding steroid dienone is 12. The van der Waals surface area contributed by atoms with Gasteiger partial charge >= 0.3 is 17.9 Å². The number of esters is 2. The Labute approximate surface area is 653 Å². The molecule has 0 aliphatic carbocycles. The maximum atomic E-state index is 13.0. The third kappa shape index (κ3) is 87.8. The molecule has 614 valence electrons. The average molecular weight is 1470 g/mol. The highest BCUT2D eigenvalue weighted by Crippen LogP contribution is 2.21. The summed E-state index contributed by atoms with van der Waals surface area (Å²) in [6, 6.07) is 0. The van der Waals surface area contributed by atoms with Gasteiger partial charge < -0.3 is 28.5 Å². The van der Waals surface area contributed by atoms with Crippen molar-refractivity contribution in [1.82, 2.24) is 0 Å². The van der Waals surface area contributed by atoms with Crippen LogP contribution in [-0.4, -0.2) is 87.4 Å². The smallest absolute Gasteiger partial charge is 0.361 e. The van der Waals surface area contributed by atoms with E-state index in [4.69, 9.17) is 18.9 Å². The number of carboxylic acids is 1. The molecular weight excluding hydrogens is 1300 g/mol. The van der Waals surface area contributed by atoms with Gasteiger partial charge in [0.25, 0.3) is 6.29 Å². The largest absolute Gasteiger partial charge is 0.477 e. The normalized spacial score (nSPS) is 12.9. The first-order chi connectivity index (χ1) is 51.6. The van der Waals surface area contributed by atoms with Gasteiger partial charge in [-0.2, -0.15) is 0 Å². The van der Waals surface area contributed by atoms with Gasteiger partial charge in [-0.05, 0) is 83.5 Å². The fourth-order valence-corrected chi connectivity index (χ4v) is 14.0. The van der Waals surface area contributed by atoms with Crippen LogP contribution in [0, 0.1) is 0 Å². The van der Waals surface area contributed by atoms with Gasteiger partial charge in [-0.15, -0.1) is 0 Å². The molecule has 0 aromatic rings. The Bertz CT molecular complexity index is 1970. The molecule has 0 aliphatic rings. The number of likely N-dealkylation sites (N-methyl/N-ethyl adjacent to an activating group) is 1. The standard InChI is InChI=1S/C96H177NO8/c1-6-8-10-12-14-16-18-20-22-24-26-28-30-32-34-36-38-40-42-44-46-47-49-51-53-55-57-59-61-63-65-67-69-71-73-75-77-79-81-83-85-87-94(99)105-92(91-104-96(95(100)101)102-89-88-97(3,4)5)90-103-93(98)86-84-82-80-78-76-74-72-70-68-66-64-62-60-58-56-54-52-50-48-45-43-41-39-37-35-33-31-29-27-25-23-21-19-17-15-13-11-9-7-2/h8,10,14,16,20,22,25-28,32,34,92,96H,6-7,9,11-13,15,17-19,21,23-24,29-31,33,35-91H2,1-5H3/p+1/b10-8-,16-14-,22-20-,27-25-,28-26-,34-32-. The molecule has 1 N–H and O–H groups in total. The van der Waals surface area contributed by atoms with Crippen LogP contribution in [-0.2, 0) is 33.3 Å². The Morgan fingerprint density at radius 2 is 0.543 bits per heavy atom. The molecule has 0 fully saturated rings. The van der Waals surface area contributed by atoms with E-state index in [9.17, 15) is 19.5 Å². The average Bonchev–Trinajstić information content (AvgIpc) is 1.18. The van der Waals surface area contributed by atoms with Crippen LogP contribution in [0.5, 0.6) is 0 Å². The van der Waals surface area contributed by atoms with Gasteiger partial charge in [-0.1, -0.05) is 440 Å². The highest BCUT2D eigenvalue weighted by Gasteiger charge is 2.25. The zero-order valence-corrected chi connectivity index (χ0v) is 70.7. The number of rotatable bonds is 87. The van der Waals surface area contributed by atoms with Crippen molar-refractivity contribution in [3.63, 3.8) is 0 Å². The van der Waals surface area contributed by atoms with Crippen LogP contribution < -0.4 is 0 Å². The lowest BCUT2D eigenvalue weighted by Crippen LogP contribution is -2.40. The molecule has 0 spiro atoms. The van der Waals surface area contributed by atoms with Gasteiger partial charge in [0.1, 0.15) is 13.2 Å². The summed E-state index contributed by atoms with van der Waals surface area (Å²) in [4.78, 5) is 37.8. The molecule has 9 heteroatoms. The second-order valence-electron chi connectivity index (χ2n) is 32.6. The number of ether oxygens (including phenoxy) is 4. The maximum Gasteiger partial charge on any atom is 0.361 e. The number of quaternary nitrogens is 1. The van der Waals surface area contributed by atoms with Crippen LogP contribution in [0.1, 0.15) is 463 Å². The molecule has 0 amide bonds. The topological polar surface area (TPSA) is 108 Å². The summed E-state index contributed by atoms with van der Waals surface area (Å²) >= 11 is 0. The van der Waals surface area contributed by atoms with Crippen LogP contribution in [0.4, 0.5) is 0 Å². The first kappa shape index (κ1) is 102. The number of carbonyl (C=O) groups is 3. The van der Waals surface area contributed by atoms with E-state index in [0.717, 1.165) is 70.6 Å². The highest BCUT2D eigenvalue weighted by atomic mass is 16.7. The van der Waals surface area contributed by atoms with Crippen molar-refractivity contribution in [2.24, 2.45) is 0 Å². The second-order valence-corrected chi connectivity index (χ2v) is 32.6. The van der Waals surface area contributed by atoms with E-state index in [-0.39, 0.29) is 38.2 Å². The molecule has 0 saturated heterocycles. The van der Waals surface area contributed by atoms with Gasteiger partial charge in [0, 0.05) is 12.8 Å². The summed E-state index contributed by atoms with van der Waals surface area (Å²) in [5.74, 6) is -1.97. The molecular formula is C96H178NO8+. The van der Waals surface area contributed by atoms with Crippen LogP contribution in [0.2, 0.25) is 0 Å². The number of carboxylic acid groups (broad SMARTS) is 1. The van der Waals surface area contributed by atoms with E-state index in [1.165, 1.54) is 366 Å². The molecule has 2 unspecified atom stereocenters. The first-order valence-electron chi connectivity index (χ1n) is 46.1. The van der Waals surface area contributed by atoms with E-state index < -0.39 is 18.4 Å². The molecule has 0 radical (unpaired) electrons. The Morgan fingerprint density at radius 3 is 0.819 bits per heavy atom. The molecule has 2 atom stereocenters. The van der Waals surface area contributed by atoms with Crippen molar-refractivity contribution in [2.75, 3.05) is 47.5 Å². The van der Waals surface area contributed by atoms with E-state index in [1.54, 1.807) is 0 Å². The Morgan fingerprint density at radius 1 is 0.295 bits per heavy atom. The summed E-state index contributed by atoms with van der Waals surface area (Å²) in [7, 11) is 6.01. The molecule has 9 nitrogen and oxygen atoms in total. The Hall–Kier alpha value is -3.27. The van der Waals surface area contributed by atoms with Crippen LogP contribution in [0.3, 0.4) is 0 Å². The Balaban J connectivity index is 3.88. The van der Waals surface area contributed by atoms with Gasteiger partial charge in [0.15, 0.2) is 6.10 Å². The van der Waals surface area contributed by atoms with Gasteiger partial charge in [0.2, 0.25) is 0 Å². The molecule has 0 aliphatic heterocycles. The third-order valence-corrected chi connectivity index (χ3v) is 20.9. The van der Waals surface area contributed by atoms with Gasteiger partial charge in [-0.25, -0.2) is 4.79 Å². The SMILES string of the molecule is CC/C=C\C/C=C\C/C=C\C/C=C\C/C=C\CCCCCCCCCCCCCCCCCCCCCCCCCCCC(=O)OC(COC(=O)CCCCCCCCCCCCCCCCCCCCCCCCCCCCC/C=C\CCCCCCCCCC)COC(OCC[N+](C)(C)C)C(=O)O. The van der Waals surface area contributed by atoms with Crippen LogP contribution in [0.25, 0.3) is 0 Å². The molecule has 0 aromatic heterocycles. The predicted octanol–water partition coefficient (Wildman–Crippen LogP) is 30.3. The molecule has 105 heavy (non-hydrogen) atoms. The first-order valence-corrected chi connectivity index (χ1v) is 46.1. The number of hydrogen-bond acceptors (Lipinski definition) is 7. The molecule has 0 aromatic carbocycles. The van der Waals surface area contributed by atoms with E-state index in [1.807, 2.05) is 21.1 Å². The summed E-state index contributed by atoms with van der Waals surface area (Å²) < 4.78 is 23.1. The maximum absolute atomic E-state index is 13.0. The number of aliphatic carboxylic acids is 1. The minimum Gasteiger partial charge on any atom is -0.477 e. The zero-order chi connectivity index (χ0) is 76.0. The van der Waals surface area contributed by atoms with E-state index in [2.05, 4.69) is 86.8 Å². The third-order valence-electron chi connectivity index (χ3n) is 20.9. The zero-order valence-electron chi connectivity index (χ0n) is 70.7. The van der Waals surface area contributed by atoms with Gasteiger partial charge in [0.05, 0.1) is 34.4 Å². The molecule has 0 bridgehead atoms. The summed E-state index contributed by atoms with van der Waals surface area (Å²) in [5.41, 5.74) is 0. The predicted molar refractivity (Wildman–Crippen MR) is 456 cm³/mol. The van der Waals surface area contributed by atoms with E-state index >= 15 is 0 Å². The lowest BCUT2D eigenvalue weighted by molar-refractivity contribution is -0.870. The van der Waals surface area contributed by atoms with Crippen LogP contribution in [0.15, 0.2) is 72.9 Å². The second kappa shape index (κ2) is 86.3. The number of nitrogens with zero attached hydrogens (tertiary/aromatic N) is 1. The molecule has 0 rings (SSSR count). The van der Waals surface area contributed by atoms with Crippen molar-refractivity contribution < 1.29 is 42.9 Å².